The maximum atomic E-state index is 6.10. The molecular weight excluding hydrogens is 248 g/mol. The Morgan fingerprint density at radius 2 is 1.89 bits per heavy atom. The van der Waals surface area contributed by atoms with Crippen LogP contribution in [-0.2, 0) is 13.3 Å². The van der Waals surface area contributed by atoms with Crippen molar-refractivity contribution in [1.82, 2.24) is 0 Å². The van der Waals surface area contributed by atoms with Gasteiger partial charge in [0.05, 0.1) is 6.26 Å². The summed E-state index contributed by atoms with van der Waals surface area (Å²) in [6, 6.07) is 4.60. The minimum absolute atomic E-state index is 0.142. The normalized spacial score (nSPS) is 13.8. The van der Waals surface area contributed by atoms with Gasteiger partial charge in [0.25, 0.3) is 0 Å². The molecule has 1 aromatic rings. The highest BCUT2D eigenvalue weighted by Gasteiger charge is 2.41. The van der Waals surface area contributed by atoms with E-state index in [9.17, 15) is 0 Å². The van der Waals surface area contributed by atoms with Crippen LogP contribution in [0.4, 0.5) is 0 Å². The van der Waals surface area contributed by atoms with Crippen molar-refractivity contribution < 1.29 is 17.7 Å². The summed E-state index contributed by atoms with van der Waals surface area (Å²) in [5, 5.41) is 0. The molecule has 18 heavy (non-hydrogen) atoms. The fraction of sp³-hybridized carbons (Fsp3) is 0.692. The number of hydrogen-bond donors (Lipinski definition) is 0. The lowest BCUT2D eigenvalue weighted by Crippen LogP contribution is -2.46. The van der Waals surface area contributed by atoms with E-state index in [2.05, 4.69) is 6.92 Å². The molecule has 4 nitrogen and oxygen atoms in total. The Balaban J connectivity index is 2.75. The van der Waals surface area contributed by atoms with Crippen LogP contribution in [0.3, 0.4) is 0 Å². The van der Waals surface area contributed by atoms with E-state index in [1.165, 1.54) is 0 Å². The third-order valence-corrected chi connectivity index (χ3v) is 5.87. The van der Waals surface area contributed by atoms with E-state index in [-0.39, 0.29) is 6.10 Å². The molecular formula is C13H24O4Si. The molecule has 0 spiro atoms. The standard InChI is InChI=1S/C13H24O4Si/c1-5-11-18(15-6-2,16-7-3)17-12(4)13-9-8-10-14-13/h8-10,12H,5-7,11H2,1-4H3. The molecule has 0 aromatic carbocycles. The number of rotatable bonds is 9. The Bertz CT molecular complexity index is 296. The fourth-order valence-corrected chi connectivity index (χ4v) is 4.68. The summed E-state index contributed by atoms with van der Waals surface area (Å²) in [6.07, 6.45) is 2.49. The van der Waals surface area contributed by atoms with E-state index in [1.54, 1.807) is 6.26 Å². The lowest BCUT2D eigenvalue weighted by molar-refractivity contribution is 0.0304. The first-order valence-electron chi connectivity index (χ1n) is 6.66. The Morgan fingerprint density at radius 1 is 1.22 bits per heavy atom. The van der Waals surface area contributed by atoms with Crippen LogP contribution in [0.2, 0.25) is 6.04 Å². The van der Waals surface area contributed by atoms with Gasteiger partial charge in [-0.15, -0.1) is 0 Å². The van der Waals surface area contributed by atoms with E-state index in [0.29, 0.717) is 13.2 Å². The van der Waals surface area contributed by atoms with Gasteiger partial charge in [0.2, 0.25) is 0 Å². The number of furan rings is 1. The van der Waals surface area contributed by atoms with Gasteiger partial charge in [0.15, 0.2) is 0 Å². The Morgan fingerprint density at radius 3 is 2.33 bits per heavy atom. The van der Waals surface area contributed by atoms with E-state index in [4.69, 9.17) is 17.7 Å². The Kier molecular flexibility index (Phi) is 6.63. The first-order chi connectivity index (χ1) is 8.67. The number of hydrogen-bond acceptors (Lipinski definition) is 4. The van der Waals surface area contributed by atoms with Gasteiger partial charge >= 0.3 is 8.80 Å². The van der Waals surface area contributed by atoms with Crippen LogP contribution in [0, 0.1) is 0 Å². The van der Waals surface area contributed by atoms with Crippen molar-refractivity contribution in [3.63, 3.8) is 0 Å². The fourth-order valence-electron chi connectivity index (χ4n) is 1.91. The summed E-state index contributed by atoms with van der Waals surface area (Å²) in [7, 11) is -2.57. The molecule has 0 saturated heterocycles. The first kappa shape index (κ1) is 15.4. The van der Waals surface area contributed by atoms with E-state index in [1.807, 2.05) is 32.9 Å². The van der Waals surface area contributed by atoms with Gasteiger partial charge < -0.3 is 17.7 Å². The molecule has 1 atom stereocenters. The van der Waals surface area contributed by atoms with Crippen LogP contribution in [-0.4, -0.2) is 22.0 Å². The van der Waals surface area contributed by atoms with Crippen LogP contribution < -0.4 is 0 Å². The highest BCUT2D eigenvalue weighted by Crippen LogP contribution is 2.27. The van der Waals surface area contributed by atoms with Crippen molar-refractivity contribution in [1.29, 1.82) is 0 Å². The van der Waals surface area contributed by atoms with Crippen molar-refractivity contribution in [3.8, 4) is 0 Å². The largest absolute Gasteiger partial charge is 0.501 e. The second-order valence-electron chi connectivity index (χ2n) is 4.07. The first-order valence-corrected chi connectivity index (χ1v) is 8.59. The molecule has 0 aliphatic heterocycles. The zero-order valence-electron chi connectivity index (χ0n) is 11.8. The third kappa shape index (κ3) is 4.24. The van der Waals surface area contributed by atoms with Crippen molar-refractivity contribution >= 4 is 8.80 Å². The summed E-state index contributed by atoms with van der Waals surface area (Å²) >= 11 is 0. The summed E-state index contributed by atoms with van der Waals surface area (Å²) in [5.74, 6) is 0.808. The zero-order valence-corrected chi connectivity index (χ0v) is 12.8. The van der Waals surface area contributed by atoms with Gasteiger partial charge in [-0.1, -0.05) is 13.3 Å². The van der Waals surface area contributed by atoms with Gasteiger partial charge in [-0.05, 0) is 32.9 Å². The van der Waals surface area contributed by atoms with Gasteiger partial charge in [0, 0.05) is 19.3 Å². The van der Waals surface area contributed by atoms with Crippen molar-refractivity contribution in [3.05, 3.63) is 24.2 Å². The minimum atomic E-state index is -2.57. The molecule has 1 unspecified atom stereocenters. The highest BCUT2D eigenvalue weighted by atomic mass is 28.4. The molecule has 0 radical (unpaired) electrons. The van der Waals surface area contributed by atoms with E-state index >= 15 is 0 Å². The highest BCUT2D eigenvalue weighted by molar-refractivity contribution is 6.60. The Labute approximate surface area is 111 Å². The summed E-state index contributed by atoms with van der Waals surface area (Å²) in [4.78, 5) is 0. The van der Waals surface area contributed by atoms with Crippen molar-refractivity contribution in [2.24, 2.45) is 0 Å². The molecule has 0 saturated carbocycles. The molecule has 0 aliphatic rings. The lowest BCUT2D eigenvalue weighted by Gasteiger charge is -2.30. The quantitative estimate of drug-likeness (QED) is 0.641. The monoisotopic (exact) mass is 272 g/mol. The molecule has 0 bridgehead atoms. The zero-order chi connectivity index (χ0) is 13.4. The maximum absolute atomic E-state index is 6.10. The van der Waals surface area contributed by atoms with Gasteiger partial charge in [-0.2, -0.15) is 0 Å². The second kappa shape index (κ2) is 7.73. The second-order valence-corrected chi connectivity index (χ2v) is 6.75. The maximum Gasteiger partial charge on any atom is 0.501 e. The molecule has 104 valence electrons. The van der Waals surface area contributed by atoms with Gasteiger partial charge in [0.1, 0.15) is 11.9 Å². The van der Waals surface area contributed by atoms with E-state index in [0.717, 1.165) is 18.2 Å². The molecule has 1 heterocycles. The minimum Gasteiger partial charge on any atom is -0.467 e. The van der Waals surface area contributed by atoms with Crippen LogP contribution in [0.15, 0.2) is 22.8 Å². The predicted octanol–water partition coefficient (Wildman–Crippen LogP) is 3.78. The van der Waals surface area contributed by atoms with Gasteiger partial charge in [-0.25, -0.2) is 0 Å². The van der Waals surface area contributed by atoms with Gasteiger partial charge in [-0.3, -0.25) is 0 Å². The molecule has 1 rings (SSSR count). The van der Waals surface area contributed by atoms with Crippen molar-refractivity contribution in [2.45, 2.75) is 46.3 Å². The molecule has 5 heteroatoms. The van der Waals surface area contributed by atoms with Crippen LogP contribution in [0.1, 0.15) is 46.0 Å². The smallest absolute Gasteiger partial charge is 0.467 e. The molecule has 0 N–H and O–H groups in total. The van der Waals surface area contributed by atoms with Crippen molar-refractivity contribution in [2.75, 3.05) is 13.2 Å². The topological polar surface area (TPSA) is 40.8 Å². The SMILES string of the molecule is CCC[Si](OCC)(OCC)OC(C)c1ccco1. The molecule has 1 aromatic heterocycles. The molecule has 0 amide bonds. The lowest BCUT2D eigenvalue weighted by atomic mass is 10.3. The van der Waals surface area contributed by atoms with Crippen LogP contribution in [0.5, 0.6) is 0 Å². The molecule has 0 aliphatic carbocycles. The average molecular weight is 272 g/mol. The third-order valence-electron chi connectivity index (χ3n) is 2.58. The molecule has 0 fully saturated rings. The summed E-state index contributed by atoms with van der Waals surface area (Å²) < 4.78 is 23.1. The summed E-state index contributed by atoms with van der Waals surface area (Å²) in [5.41, 5.74) is 0. The Hall–Kier alpha value is -0.623. The average Bonchev–Trinajstić information content (AvgIpc) is 2.83. The summed E-state index contributed by atoms with van der Waals surface area (Å²) in [6.45, 7) is 9.23. The van der Waals surface area contributed by atoms with E-state index < -0.39 is 8.80 Å². The predicted molar refractivity (Wildman–Crippen MR) is 72.3 cm³/mol. The van der Waals surface area contributed by atoms with Crippen LogP contribution in [0.25, 0.3) is 0 Å². The van der Waals surface area contributed by atoms with Crippen LogP contribution >= 0.6 is 0 Å².